The van der Waals surface area contributed by atoms with E-state index in [0.717, 1.165) is 0 Å². The number of nitrogens with zero attached hydrogens (tertiary/aromatic N) is 3. The van der Waals surface area contributed by atoms with Crippen LogP contribution in [0, 0.1) is 11.3 Å². The average molecular weight is 285 g/mol. The van der Waals surface area contributed by atoms with Crippen LogP contribution in [0.1, 0.15) is 5.56 Å². The molecule has 6 nitrogen and oxygen atoms in total. The number of rotatable bonds is 4. The molecule has 3 N–H and O–H groups in total. The fourth-order valence-corrected chi connectivity index (χ4v) is 2.12. The Hall–Kier alpha value is -2.59. The lowest BCUT2D eigenvalue weighted by atomic mass is 10.2. The summed E-state index contributed by atoms with van der Waals surface area (Å²) in [6.45, 7) is 0. The van der Waals surface area contributed by atoms with Gasteiger partial charge in [0.15, 0.2) is 5.82 Å². The first-order valence-electron chi connectivity index (χ1n) is 5.68. The molecule has 0 saturated carbocycles. The maximum atomic E-state index is 11.8. The van der Waals surface area contributed by atoms with Gasteiger partial charge in [-0.1, -0.05) is 17.8 Å². The molecule has 2 aromatic rings. The van der Waals surface area contributed by atoms with E-state index in [0.29, 0.717) is 22.1 Å². The predicted molar refractivity (Wildman–Crippen MR) is 77.0 cm³/mol. The minimum Gasteiger partial charge on any atom is -0.381 e. The standard InChI is InChI=1S/C13H11N5OS/c14-7-9-2-1-3-10(6-9)18-11(19)8-20-13-12(15)16-4-5-17-13/h1-6H,8H2,(H2,15,16)(H,18,19). The summed E-state index contributed by atoms with van der Waals surface area (Å²) in [5.41, 5.74) is 6.71. The first-order valence-corrected chi connectivity index (χ1v) is 6.67. The summed E-state index contributed by atoms with van der Waals surface area (Å²) >= 11 is 1.21. The molecule has 20 heavy (non-hydrogen) atoms. The van der Waals surface area contributed by atoms with Crippen molar-refractivity contribution in [1.29, 1.82) is 5.26 Å². The van der Waals surface area contributed by atoms with Crippen LogP contribution in [0.5, 0.6) is 0 Å². The van der Waals surface area contributed by atoms with E-state index in [9.17, 15) is 4.79 Å². The van der Waals surface area contributed by atoms with Crippen LogP contribution in [0.3, 0.4) is 0 Å². The SMILES string of the molecule is N#Cc1cccc(NC(=O)CSc2nccnc2N)c1. The lowest BCUT2D eigenvalue weighted by Crippen LogP contribution is -2.14. The van der Waals surface area contributed by atoms with Crippen molar-refractivity contribution in [2.75, 3.05) is 16.8 Å². The van der Waals surface area contributed by atoms with E-state index in [-0.39, 0.29) is 11.7 Å². The molecule has 0 aliphatic rings. The summed E-state index contributed by atoms with van der Waals surface area (Å²) in [5, 5.41) is 12.0. The lowest BCUT2D eigenvalue weighted by Gasteiger charge is -2.05. The monoisotopic (exact) mass is 285 g/mol. The smallest absolute Gasteiger partial charge is 0.234 e. The number of nitrogen functional groups attached to an aromatic ring is 1. The molecule has 1 aromatic heterocycles. The van der Waals surface area contributed by atoms with Gasteiger partial charge in [0.2, 0.25) is 5.91 Å². The second kappa shape index (κ2) is 6.54. The Morgan fingerprint density at radius 2 is 2.20 bits per heavy atom. The number of nitriles is 1. The number of carbonyl (C=O) groups excluding carboxylic acids is 1. The third kappa shape index (κ3) is 3.70. The van der Waals surface area contributed by atoms with E-state index in [2.05, 4.69) is 15.3 Å². The Bertz CT molecular complexity index is 668. The van der Waals surface area contributed by atoms with Gasteiger partial charge in [0.1, 0.15) is 5.03 Å². The van der Waals surface area contributed by atoms with Gasteiger partial charge >= 0.3 is 0 Å². The van der Waals surface area contributed by atoms with Crippen molar-refractivity contribution >= 4 is 29.2 Å². The van der Waals surface area contributed by atoms with Crippen molar-refractivity contribution in [3.8, 4) is 6.07 Å². The zero-order chi connectivity index (χ0) is 14.4. The van der Waals surface area contributed by atoms with E-state index in [1.165, 1.54) is 24.2 Å². The maximum absolute atomic E-state index is 11.8. The first kappa shape index (κ1) is 13.8. The molecule has 0 bridgehead atoms. The molecular weight excluding hydrogens is 274 g/mol. The number of hydrogen-bond donors (Lipinski definition) is 2. The molecule has 1 heterocycles. The molecule has 100 valence electrons. The quantitative estimate of drug-likeness (QED) is 0.828. The highest BCUT2D eigenvalue weighted by molar-refractivity contribution is 8.00. The molecule has 1 aromatic carbocycles. The summed E-state index contributed by atoms with van der Waals surface area (Å²) < 4.78 is 0. The fraction of sp³-hybridized carbons (Fsp3) is 0.0769. The second-order valence-corrected chi connectivity index (χ2v) is 4.74. The van der Waals surface area contributed by atoms with Crippen molar-refractivity contribution in [3.63, 3.8) is 0 Å². The Labute approximate surface area is 120 Å². The molecular formula is C13H11N5OS. The summed E-state index contributed by atoms with van der Waals surface area (Å²) in [6, 6.07) is 8.73. The van der Waals surface area contributed by atoms with Crippen molar-refractivity contribution in [2.45, 2.75) is 5.03 Å². The number of hydrogen-bond acceptors (Lipinski definition) is 6. The Balaban J connectivity index is 1.93. The molecule has 0 spiro atoms. The highest BCUT2D eigenvalue weighted by Crippen LogP contribution is 2.20. The number of anilines is 2. The van der Waals surface area contributed by atoms with Gasteiger partial charge in [-0.25, -0.2) is 9.97 Å². The average Bonchev–Trinajstić information content (AvgIpc) is 2.46. The topological polar surface area (TPSA) is 105 Å². The van der Waals surface area contributed by atoms with Crippen molar-refractivity contribution in [1.82, 2.24) is 9.97 Å². The summed E-state index contributed by atoms with van der Waals surface area (Å²) in [5.74, 6) is 0.270. The molecule has 7 heteroatoms. The normalized spacial score (nSPS) is 9.75. The van der Waals surface area contributed by atoms with E-state index < -0.39 is 0 Å². The Kier molecular flexibility index (Phi) is 4.52. The van der Waals surface area contributed by atoms with E-state index in [1.54, 1.807) is 24.3 Å². The first-order chi connectivity index (χ1) is 9.69. The van der Waals surface area contributed by atoms with Crippen molar-refractivity contribution in [2.24, 2.45) is 0 Å². The largest absolute Gasteiger partial charge is 0.381 e. The molecule has 0 aliphatic heterocycles. The number of thioether (sulfide) groups is 1. The number of aromatic nitrogens is 2. The molecule has 1 amide bonds. The van der Waals surface area contributed by atoms with Gasteiger partial charge < -0.3 is 11.1 Å². The van der Waals surface area contributed by atoms with Crippen LogP contribution in [-0.4, -0.2) is 21.6 Å². The van der Waals surface area contributed by atoms with Crippen LogP contribution in [0.4, 0.5) is 11.5 Å². The zero-order valence-electron chi connectivity index (χ0n) is 10.4. The fourth-order valence-electron chi connectivity index (χ4n) is 1.44. The van der Waals surface area contributed by atoms with Crippen molar-refractivity contribution < 1.29 is 4.79 Å². The molecule has 0 atom stereocenters. The van der Waals surface area contributed by atoms with Crippen LogP contribution in [-0.2, 0) is 4.79 Å². The summed E-state index contributed by atoms with van der Waals surface area (Å²) in [7, 11) is 0. The van der Waals surface area contributed by atoms with Crippen LogP contribution >= 0.6 is 11.8 Å². The van der Waals surface area contributed by atoms with Gasteiger partial charge in [0.25, 0.3) is 0 Å². The van der Waals surface area contributed by atoms with Crippen LogP contribution in [0.25, 0.3) is 0 Å². The number of benzene rings is 1. The molecule has 0 aliphatic carbocycles. The molecule has 0 radical (unpaired) electrons. The lowest BCUT2D eigenvalue weighted by molar-refractivity contribution is -0.113. The molecule has 2 rings (SSSR count). The van der Waals surface area contributed by atoms with Gasteiger partial charge in [0, 0.05) is 18.1 Å². The number of carbonyl (C=O) groups is 1. The summed E-state index contributed by atoms with van der Waals surface area (Å²) in [6.07, 6.45) is 3.01. The maximum Gasteiger partial charge on any atom is 0.234 e. The van der Waals surface area contributed by atoms with Gasteiger partial charge in [-0.2, -0.15) is 5.26 Å². The van der Waals surface area contributed by atoms with Gasteiger partial charge in [-0.05, 0) is 18.2 Å². The number of amides is 1. The minimum absolute atomic E-state index is 0.166. The predicted octanol–water partition coefficient (Wildman–Crippen LogP) is 1.66. The summed E-state index contributed by atoms with van der Waals surface area (Å²) in [4.78, 5) is 19.7. The van der Waals surface area contributed by atoms with Crippen LogP contribution < -0.4 is 11.1 Å². The Morgan fingerprint density at radius 3 is 2.95 bits per heavy atom. The highest BCUT2D eigenvalue weighted by Gasteiger charge is 2.07. The van der Waals surface area contributed by atoms with Crippen molar-refractivity contribution in [3.05, 3.63) is 42.2 Å². The van der Waals surface area contributed by atoms with E-state index in [1.807, 2.05) is 6.07 Å². The number of nitrogens with one attached hydrogen (secondary N) is 1. The highest BCUT2D eigenvalue weighted by atomic mass is 32.2. The minimum atomic E-state index is -0.199. The van der Waals surface area contributed by atoms with Gasteiger partial charge in [-0.3, -0.25) is 4.79 Å². The zero-order valence-corrected chi connectivity index (χ0v) is 11.2. The molecule has 0 fully saturated rings. The van der Waals surface area contributed by atoms with E-state index in [4.69, 9.17) is 11.0 Å². The Morgan fingerprint density at radius 1 is 1.40 bits per heavy atom. The third-order valence-electron chi connectivity index (χ3n) is 2.31. The third-order valence-corrected chi connectivity index (χ3v) is 3.30. The number of nitrogens with two attached hydrogens (primary N) is 1. The van der Waals surface area contributed by atoms with E-state index >= 15 is 0 Å². The van der Waals surface area contributed by atoms with Crippen LogP contribution in [0.2, 0.25) is 0 Å². The van der Waals surface area contributed by atoms with Gasteiger partial charge in [0.05, 0.1) is 17.4 Å². The van der Waals surface area contributed by atoms with Crippen LogP contribution in [0.15, 0.2) is 41.7 Å². The second-order valence-electron chi connectivity index (χ2n) is 3.78. The molecule has 0 unspecified atom stereocenters. The molecule has 0 saturated heterocycles. The van der Waals surface area contributed by atoms with Gasteiger partial charge in [-0.15, -0.1) is 0 Å².